The highest BCUT2D eigenvalue weighted by Crippen LogP contribution is 2.35. The molecule has 0 aliphatic carbocycles. The number of carbonyl (C=O) groups excluding carboxylic acids is 1. The topological polar surface area (TPSA) is 68.5 Å². The maximum Gasteiger partial charge on any atom is 0.350 e. The molecule has 20 heavy (non-hydrogen) atoms. The molecule has 0 spiro atoms. The Morgan fingerprint density at radius 3 is 3.10 bits per heavy atom. The Labute approximate surface area is 121 Å². The summed E-state index contributed by atoms with van der Waals surface area (Å²) in [6.45, 7) is 5.12. The minimum atomic E-state index is -0.390. The number of methoxy groups -OCH3 is 1. The normalized spacial score (nSPS) is 15.3. The number of nitrogens with two attached hydrogens (primary N) is 1. The Kier molecular flexibility index (Phi) is 3.35. The summed E-state index contributed by atoms with van der Waals surface area (Å²) in [5.41, 5.74) is 8.90. The molecule has 3 rings (SSSR count). The fourth-order valence-electron chi connectivity index (χ4n) is 2.57. The zero-order chi connectivity index (χ0) is 14.3. The third-order valence-electron chi connectivity index (χ3n) is 3.77. The van der Waals surface area contributed by atoms with Gasteiger partial charge in [-0.25, -0.2) is 9.78 Å². The number of likely N-dealkylation sites (N-methyl/N-ethyl adjacent to an activating group) is 1. The van der Waals surface area contributed by atoms with Crippen molar-refractivity contribution < 1.29 is 9.53 Å². The fourth-order valence-corrected chi connectivity index (χ4v) is 3.58. The van der Waals surface area contributed by atoms with E-state index in [9.17, 15) is 4.79 Å². The van der Waals surface area contributed by atoms with Crippen molar-refractivity contribution in [1.29, 1.82) is 0 Å². The average Bonchev–Trinajstić information content (AvgIpc) is 2.80. The van der Waals surface area contributed by atoms with Crippen LogP contribution in [0.15, 0.2) is 6.07 Å². The fraction of sp³-hybridized carbons (Fsp3) is 0.429. The van der Waals surface area contributed by atoms with Gasteiger partial charge >= 0.3 is 5.97 Å². The molecular weight excluding hydrogens is 274 g/mol. The van der Waals surface area contributed by atoms with E-state index >= 15 is 0 Å². The van der Waals surface area contributed by atoms with Gasteiger partial charge in [0, 0.05) is 30.6 Å². The molecule has 0 aromatic carbocycles. The number of rotatable bonds is 2. The summed E-state index contributed by atoms with van der Waals surface area (Å²) in [6, 6.07) is 2.08. The van der Waals surface area contributed by atoms with E-state index in [4.69, 9.17) is 10.5 Å². The molecule has 106 valence electrons. The van der Waals surface area contributed by atoms with Crippen LogP contribution in [0.4, 0.5) is 5.69 Å². The van der Waals surface area contributed by atoms with Crippen molar-refractivity contribution in [2.45, 2.75) is 19.9 Å². The number of aromatic nitrogens is 1. The molecule has 0 saturated heterocycles. The van der Waals surface area contributed by atoms with Crippen LogP contribution in [0.1, 0.15) is 27.9 Å². The first kappa shape index (κ1) is 13.3. The molecule has 0 bridgehead atoms. The van der Waals surface area contributed by atoms with Gasteiger partial charge in [-0.15, -0.1) is 11.3 Å². The van der Waals surface area contributed by atoms with Crippen molar-refractivity contribution in [3.8, 4) is 0 Å². The SMILES string of the molecule is CCN1CCc2nc3sc(C(=O)OC)c(N)c3cc2C1. The molecule has 0 atom stereocenters. The van der Waals surface area contributed by atoms with E-state index in [0.29, 0.717) is 10.6 Å². The zero-order valence-corrected chi connectivity index (χ0v) is 12.4. The second-order valence-corrected chi connectivity index (χ2v) is 5.90. The third-order valence-corrected chi connectivity index (χ3v) is 4.86. The maximum absolute atomic E-state index is 11.7. The lowest BCUT2D eigenvalue weighted by molar-refractivity contribution is 0.0607. The molecule has 0 amide bonds. The van der Waals surface area contributed by atoms with E-state index in [2.05, 4.69) is 22.9 Å². The van der Waals surface area contributed by atoms with Gasteiger partial charge in [-0.3, -0.25) is 4.90 Å². The first-order valence-corrected chi connectivity index (χ1v) is 7.47. The van der Waals surface area contributed by atoms with Crippen LogP contribution >= 0.6 is 11.3 Å². The molecule has 3 heterocycles. The average molecular weight is 291 g/mol. The number of carbonyl (C=O) groups is 1. The molecule has 2 N–H and O–H groups in total. The summed E-state index contributed by atoms with van der Waals surface area (Å²) >= 11 is 1.31. The van der Waals surface area contributed by atoms with Crippen molar-refractivity contribution >= 4 is 33.2 Å². The summed E-state index contributed by atoms with van der Waals surface area (Å²) in [4.78, 5) is 20.0. The predicted octanol–water partition coefficient (Wildman–Crippen LogP) is 2.04. The Bertz CT molecular complexity index is 681. The van der Waals surface area contributed by atoms with Gasteiger partial charge in [-0.05, 0) is 18.2 Å². The third kappa shape index (κ3) is 2.05. The minimum absolute atomic E-state index is 0.390. The van der Waals surface area contributed by atoms with Crippen molar-refractivity contribution in [3.05, 3.63) is 22.2 Å². The number of hydrogen-bond acceptors (Lipinski definition) is 6. The number of fused-ring (bicyclic) bond motifs is 2. The second-order valence-electron chi connectivity index (χ2n) is 4.90. The molecule has 0 unspecified atom stereocenters. The van der Waals surface area contributed by atoms with E-state index in [0.717, 1.165) is 42.0 Å². The van der Waals surface area contributed by atoms with Crippen LogP contribution in [0.2, 0.25) is 0 Å². The van der Waals surface area contributed by atoms with E-state index < -0.39 is 5.97 Å². The number of nitrogen functional groups attached to an aromatic ring is 1. The van der Waals surface area contributed by atoms with Crippen molar-refractivity contribution in [3.63, 3.8) is 0 Å². The smallest absolute Gasteiger partial charge is 0.350 e. The van der Waals surface area contributed by atoms with Gasteiger partial charge in [0.1, 0.15) is 9.71 Å². The number of nitrogens with zero attached hydrogens (tertiary/aromatic N) is 2. The van der Waals surface area contributed by atoms with E-state index in [1.165, 1.54) is 24.0 Å². The van der Waals surface area contributed by atoms with Crippen LogP contribution in [0.25, 0.3) is 10.2 Å². The monoisotopic (exact) mass is 291 g/mol. The van der Waals surface area contributed by atoms with Gasteiger partial charge in [-0.2, -0.15) is 0 Å². The number of thiophene rings is 1. The van der Waals surface area contributed by atoms with Crippen LogP contribution in [-0.4, -0.2) is 36.1 Å². The summed E-state index contributed by atoms with van der Waals surface area (Å²) < 4.78 is 4.76. The molecule has 2 aromatic heterocycles. The lowest BCUT2D eigenvalue weighted by Crippen LogP contribution is -2.30. The molecule has 0 fully saturated rings. The van der Waals surface area contributed by atoms with Gasteiger partial charge in [-0.1, -0.05) is 6.92 Å². The standard InChI is InChI=1S/C14H17N3O2S/c1-3-17-5-4-10-8(7-17)6-9-11(15)12(14(18)19-2)20-13(9)16-10/h6H,3-5,7,15H2,1-2H3. The molecule has 6 heteroatoms. The molecular formula is C14H17N3O2S. The Balaban J connectivity index is 2.11. The van der Waals surface area contributed by atoms with E-state index in [1.807, 2.05) is 0 Å². The van der Waals surface area contributed by atoms with Crippen molar-refractivity contribution in [2.75, 3.05) is 25.9 Å². The second kappa shape index (κ2) is 5.03. The van der Waals surface area contributed by atoms with Crippen LogP contribution < -0.4 is 5.73 Å². The van der Waals surface area contributed by atoms with Crippen molar-refractivity contribution in [1.82, 2.24) is 9.88 Å². The largest absolute Gasteiger partial charge is 0.465 e. The lowest BCUT2D eigenvalue weighted by atomic mass is 10.0. The molecule has 0 saturated carbocycles. The van der Waals surface area contributed by atoms with Gasteiger partial charge in [0.05, 0.1) is 12.8 Å². The predicted molar refractivity (Wildman–Crippen MR) is 80.0 cm³/mol. The highest BCUT2D eigenvalue weighted by molar-refractivity contribution is 7.21. The number of esters is 1. The minimum Gasteiger partial charge on any atom is -0.465 e. The number of anilines is 1. The summed E-state index contributed by atoms with van der Waals surface area (Å²) in [7, 11) is 1.36. The molecule has 2 aromatic rings. The lowest BCUT2D eigenvalue weighted by Gasteiger charge is -2.26. The summed E-state index contributed by atoms with van der Waals surface area (Å²) in [5, 5.41) is 0.868. The highest BCUT2D eigenvalue weighted by Gasteiger charge is 2.22. The summed E-state index contributed by atoms with van der Waals surface area (Å²) in [6.07, 6.45) is 0.949. The van der Waals surface area contributed by atoms with Crippen LogP contribution in [-0.2, 0) is 17.7 Å². The Morgan fingerprint density at radius 1 is 1.60 bits per heavy atom. The Hall–Kier alpha value is -1.66. The van der Waals surface area contributed by atoms with Gasteiger partial charge in [0.15, 0.2) is 0 Å². The van der Waals surface area contributed by atoms with Gasteiger partial charge in [0.25, 0.3) is 0 Å². The quantitative estimate of drug-likeness (QED) is 0.858. The van der Waals surface area contributed by atoms with Crippen LogP contribution in [0.3, 0.4) is 0 Å². The zero-order valence-electron chi connectivity index (χ0n) is 11.6. The van der Waals surface area contributed by atoms with Crippen molar-refractivity contribution in [2.24, 2.45) is 0 Å². The first-order valence-electron chi connectivity index (χ1n) is 6.65. The number of hydrogen-bond donors (Lipinski definition) is 1. The highest BCUT2D eigenvalue weighted by atomic mass is 32.1. The molecule has 0 radical (unpaired) electrons. The summed E-state index contributed by atoms with van der Waals surface area (Å²) in [5.74, 6) is -0.390. The first-order chi connectivity index (χ1) is 9.63. The van der Waals surface area contributed by atoms with Crippen LogP contribution in [0, 0.1) is 0 Å². The van der Waals surface area contributed by atoms with Crippen LogP contribution in [0.5, 0.6) is 0 Å². The van der Waals surface area contributed by atoms with Gasteiger partial charge in [0.2, 0.25) is 0 Å². The van der Waals surface area contributed by atoms with E-state index in [-0.39, 0.29) is 0 Å². The Morgan fingerprint density at radius 2 is 2.40 bits per heavy atom. The molecule has 1 aliphatic heterocycles. The number of pyridine rings is 1. The molecule has 1 aliphatic rings. The van der Waals surface area contributed by atoms with Gasteiger partial charge < -0.3 is 10.5 Å². The molecule has 5 nitrogen and oxygen atoms in total. The van der Waals surface area contributed by atoms with E-state index in [1.54, 1.807) is 0 Å². The maximum atomic E-state index is 11.7. The number of ether oxygens (including phenoxy) is 1.